The predicted molar refractivity (Wildman–Crippen MR) is 89.3 cm³/mol. The molecule has 0 atom stereocenters. The van der Waals surface area contributed by atoms with E-state index < -0.39 is 11.6 Å². The molecule has 0 heterocycles. The summed E-state index contributed by atoms with van der Waals surface area (Å²) in [6, 6.07) is 10.8. The third kappa shape index (κ3) is 5.00. The monoisotopic (exact) mass is 335 g/mol. The van der Waals surface area contributed by atoms with Gasteiger partial charge in [0.1, 0.15) is 12.4 Å². The van der Waals surface area contributed by atoms with Crippen LogP contribution in [-0.4, -0.2) is 10.8 Å². The number of ether oxygens (including phenoxy) is 1. The van der Waals surface area contributed by atoms with Crippen LogP contribution < -0.4 is 15.9 Å². The van der Waals surface area contributed by atoms with Crippen LogP contribution in [0.15, 0.2) is 47.6 Å². The van der Waals surface area contributed by atoms with E-state index in [1.807, 2.05) is 19.1 Å². The maximum atomic E-state index is 13.1. The summed E-state index contributed by atoms with van der Waals surface area (Å²) in [5.41, 5.74) is 9.95. The zero-order valence-corrected chi connectivity index (χ0v) is 13.2. The van der Waals surface area contributed by atoms with Gasteiger partial charge in [0.15, 0.2) is 16.7 Å². The molecule has 2 aromatic rings. The molecule has 3 N–H and O–H groups in total. The standard InChI is InChI=1S/C16H15F2N3OS/c1-10(20-21-16(19)23)12-3-5-13(6-4-12)22-9-11-2-7-14(17)15(18)8-11/h2-8H,9H2,1H3,(H3,19,21,23)/b20-10+. The largest absolute Gasteiger partial charge is 0.489 e. The molecule has 7 heteroatoms. The Morgan fingerprint density at radius 2 is 1.87 bits per heavy atom. The first-order valence-corrected chi connectivity index (χ1v) is 7.13. The minimum atomic E-state index is -0.890. The van der Waals surface area contributed by atoms with E-state index in [4.69, 9.17) is 10.5 Å². The summed E-state index contributed by atoms with van der Waals surface area (Å²) in [4.78, 5) is 0. The lowest BCUT2D eigenvalue weighted by molar-refractivity contribution is 0.305. The quantitative estimate of drug-likeness (QED) is 0.501. The Hall–Kier alpha value is -2.54. The van der Waals surface area contributed by atoms with E-state index >= 15 is 0 Å². The number of nitrogens with zero attached hydrogens (tertiary/aromatic N) is 1. The first-order chi connectivity index (χ1) is 11.0. The smallest absolute Gasteiger partial charge is 0.184 e. The predicted octanol–water partition coefficient (Wildman–Crippen LogP) is 3.10. The summed E-state index contributed by atoms with van der Waals surface area (Å²) in [7, 11) is 0. The van der Waals surface area contributed by atoms with Gasteiger partial charge in [0, 0.05) is 0 Å². The third-order valence-electron chi connectivity index (χ3n) is 3.00. The van der Waals surface area contributed by atoms with Crippen molar-refractivity contribution in [2.45, 2.75) is 13.5 Å². The zero-order valence-electron chi connectivity index (χ0n) is 12.3. The van der Waals surface area contributed by atoms with Gasteiger partial charge in [-0.2, -0.15) is 5.10 Å². The number of halogens is 2. The summed E-state index contributed by atoms with van der Waals surface area (Å²) < 4.78 is 31.5. The summed E-state index contributed by atoms with van der Waals surface area (Å²) in [6.45, 7) is 1.95. The molecule has 0 aromatic heterocycles. The average molecular weight is 335 g/mol. The van der Waals surface area contributed by atoms with E-state index in [0.717, 1.165) is 17.7 Å². The molecule has 0 radical (unpaired) electrons. The summed E-state index contributed by atoms with van der Waals surface area (Å²) in [5, 5.41) is 4.11. The van der Waals surface area contributed by atoms with Crippen LogP contribution in [0.1, 0.15) is 18.1 Å². The van der Waals surface area contributed by atoms with Gasteiger partial charge < -0.3 is 10.5 Å². The Kier molecular flexibility index (Phi) is 5.59. The second-order valence-electron chi connectivity index (χ2n) is 4.73. The van der Waals surface area contributed by atoms with Crippen molar-refractivity contribution >= 4 is 23.0 Å². The molecule has 2 aromatic carbocycles. The number of benzene rings is 2. The van der Waals surface area contributed by atoms with Gasteiger partial charge in [-0.15, -0.1) is 0 Å². The highest BCUT2D eigenvalue weighted by Crippen LogP contribution is 2.16. The van der Waals surface area contributed by atoms with E-state index in [1.54, 1.807) is 12.1 Å². The molecule has 120 valence electrons. The molecule has 0 saturated heterocycles. The van der Waals surface area contributed by atoms with Crippen molar-refractivity contribution in [3.8, 4) is 5.75 Å². The zero-order chi connectivity index (χ0) is 16.8. The Labute approximate surface area is 138 Å². The molecule has 23 heavy (non-hydrogen) atoms. The lowest BCUT2D eigenvalue weighted by Gasteiger charge is -2.08. The highest BCUT2D eigenvalue weighted by molar-refractivity contribution is 7.80. The lowest BCUT2D eigenvalue weighted by Crippen LogP contribution is -2.25. The fourth-order valence-corrected chi connectivity index (χ4v) is 1.84. The van der Waals surface area contributed by atoms with Gasteiger partial charge in [0.05, 0.1) is 5.71 Å². The Morgan fingerprint density at radius 3 is 2.48 bits per heavy atom. The lowest BCUT2D eigenvalue weighted by atomic mass is 10.1. The van der Waals surface area contributed by atoms with Crippen LogP contribution in [0.3, 0.4) is 0 Å². The summed E-state index contributed by atoms with van der Waals surface area (Å²) in [6.07, 6.45) is 0. The number of hydrogen-bond acceptors (Lipinski definition) is 3. The second kappa shape index (κ2) is 7.64. The Balaban J connectivity index is 1.98. The number of nitrogens with one attached hydrogen (secondary N) is 1. The SMILES string of the molecule is C/C(=N\NC(N)=S)c1ccc(OCc2ccc(F)c(F)c2)cc1. The van der Waals surface area contributed by atoms with Crippen molar-refractivity contribution in [3.05, 3.63) is 65.2 Å². The van der Waals surface area contributed by atoms with Gasteiger partial charge in [-0.05, 0) is 66.7 Å². The molecule has 0 saturated carbocycles. The first kappa shape index (κ1) is 16.8. The van der Waals surface area contributed by atoms with E-state index in [1.165, 1.54) is 6.07 Å². The molecule has 0 bridgehead atoms. The van der Waals surface area contributed by atoms with Crippen LogP contribution in [0.2, 0.25) is 0 Å². The minimum absolute atomic E-state index is 0.0934. The maximum Gasteiger partial charge on any atom is 0.184 e. The number of hydrogen-bond donors (Lipinski definition) is 2. The third-order valence-corrected chi connectivity index (χ3v) is 3.09. The van der Waals surface area contributed by atoms with Crippen molar-refractivity contribution in [1.82, 2.24) is 5.43 Å². The average Bonchev–Trinajstić information content (AvgIpc) is 2.54. The Morgan fingerprint density at radius 1 is 1.17 bits per heavy atom. The van der Waals surface area contributed by atoms with Crippen LogP contribution in [0.4, 0.5) is 8.78 Å². The van der Waals surface area contributed by atoms with Crippen LogP contribution in [0.5, 0.6) is 5.75 Å². The van der Waals surface area contributed by atoms with Gasteiger partial charge in [-0.3, -0.25) is 5.43 Å². The molecule has 0 spiro atoms. The van der Waals surface area contributed by atoms with Crippen molar-refractivity contribution in [2.24, 2.45) is 10.8 Å². The fourth-order valence-electron chi connectivity index (χ4n) is 1.79. The normalized spacial score (nSPS) is 11.2. The van der Waals surface area contributed by atoms with E-state index in [-0.39, 0.29) is 11.7 Å². The number of hydrazone groups is 1. The number of thiocarbonyl (C=S) groups is 1. The molecule has 0 aliphatic rings. The fraction of sp³-hybridized carbons (Fsp3) is 0.125. The van der Waals surface area contributed by atoms with E-state index in [0.29, 0.717) is 17.0 Å². The van der Waals surface area contributed by atoms with Gasteiger partial charge in [0.25, 0.3) is 0 Å². The van der Waals surface area contributed by atoms with Gasteiger partial charge in [0.2, 0.25) is 0 Å². The molecule has 0 amide bonds. The molecule has 0 fully saturated rings. The van der Waals surface area contributed by atoms with Gasteiger partial charge >= 0.3 is 0 Å². The first-order valence-electron chi connectivity index (χ1n) is 6.72. The van der Waals surface area contributed by atoms with Crippen molar-refractivity contribution in [3.63, 3.8) is 0 Å². The van der Waals surface area contributed by atoms with Crippen molar-refractivity contribution in [1.29, 1.82) is 0 Å². The molecular weight excluding hydrogens is 320 g/mol. The van der Waals surface area contributed by atoms with Crippen LogP contribution in [0, 0.1) is 11.6 Å². The van der Waals surface area contributed by atoms with Crippen LogP contribution in [-0.2, 0) is 6.61 Å². The molecule has 0 unspecified atom stereocenters. The second-order valence-corrected chi connectivity index (χ2v) is 5.17. The summed E-state index contributed by atoms with van der Waals surface area (Å²) in [5.74, 6) is -1.16. The molecule has 0 aliphatic carbocycles. The van der Waals surface area contributed by atoms with Crippen LogP contribution >= 0.6 is 12.2 Å². The topological polar surface area (TPSA) is 59.6 Å². The van der Waals surface area contributed by atoms with Crippen molar-refractivity contribution in [2.75, 3.05) is 0 Å². The number of nitrogens with two attached hydrogens (primary N) is 1. The molecule has 0 aliphatic heterocycles. The maximum absolute atomic E-state index is 13.1. The highest BCUT2D eigenvalue weighted by Gasteiger charge is 2.04. The molecular formula is C16H15F2N3OS. The Bertz CT molecular complexity index is 733. The van der Waals surface area contributed by atoms with Gasteiger partial charge in [-0.25, -0.2) is 8.78 Å². The van der Waals surface area contributed by atoms with E-state index in [9.17, 15) is 8.78 Å². The molecule has 2 rings (SSSR count). The summed E-state index contributed by atoms with van der Waals surface area (Å²) >= 11 is 4.67. The van der Waals surface area contributed by atoms with Crippen molar-refractivity contribution < 1.29 is 13.5 Å². The van der Waals surface area contributed by atoms with Crippen LogP contribution in [0.25, 0.3) is 0 Å². The highest BCUT2D eigenvalue weighted by atomic mass is 32.1. The number of rotatable bonds is 5. The van der Waals surface area contributed by atoms with E-state index in [2.05, 4.69) is 22.7 Å². The minimum Gasteiger partial charge on any atom is -0.489 e. The van der Waals surface area contributed by atoms with Gasteiger partial charge in [-0.1, -0.05) is 6.07 Å². The molecule has 4 nitrogen and oxygen atoms in total.